The van der Waals surface area contributed by atoms with Crippen LogP contribution < -0.4 is 10.0 Å². The maximum Gasteiger partial charge on any atom is 0.244 e. The minimum Gasteiger partial charge on any atom is -0.369 e. The minimum atomic E-state index is -3.63. The molecule has 21 heavy (non-hydrogen) atoms. The fraction of sp³-hybridized carbons (Fsp3) is 0.385. The second kappa shape index (κ2) is 6.68. The van der Waals surface area contributed by atoms with E-state index in [-0.39, 0.29) is 11.4 Å². The molecule has 2 N–H and O–H groups in total. The molecule has 0 atom stereocenters. The number of anilines is 1. The van der Waals surface area contributed by atoms with E-state index in [1.165, 1.54) is 6.07 Å². The zero-order chi connectivity index (χ0) is 15.3. The first-order chi connectivity index (χ1) is 10.0. The molecule has 7 nitrogen and oxygen atoms in total. The van der Waals surface area contributed by atoms with Crippen LogP contribution in [0.2, 0.25) is 0 Å². The summed E-state index contributed by atoms with van der Waals surface area (Å²) < 4.78 is 28.9. The van der Waals surface area contributed by atoms with Gasteiger partial charge in [-0.15, -0.1) is 0 Å². The average molecular weight is 309 g/mol. The SMILES string of the molecule is CCCNc1ncccc1S(=O)(=O)NCc1ccn(C)n1. The predicted octanol–water partition coefficient (Wildman–Crippen LogP) is 1.12. The van der Waals surface area contributed by atoms with Gasteiger partial charge in [0.15, 0.2) is 0 Å². The second-order valence-electron chi connectivity index (χ2n) is 4.58. The van der Waals surface area contributed by atoms with Gasteiger partial charge in [0.05, 0.1) is 12.2 Å². The summed E-state index contributed by atoms with van der Waals surface area (Å²) in [6, 6.07) is 4.90. The lowest BCUT2D eigenvalue weighted by molar-refractivity contribution is 0.579. The number of aromatic nitrogens is 3. The maximum atomic E-state index is 12.4. The summed E-state index contributed by atoms with van der Waals surface area (Å²) in [5.41, 5.74) is 0.660. The van der Waals surface area contributed by atoms with E-state index in [9.17, 15) is 8.42 Å². The van der Waals surface area contributed by atoms with E-state index in [4.69, 9.17) is 0 Å². The van der Waals surface area contributed by atoms with Crippen LogP contribution in [0.5, 0.6) is 0 Å². The Kier molecular flexibility index (Phi) is 4.92. The van der Waals surface area contributed by atoms with Gasteiger partial charge in [-0.25, -0.2) is 18.1 Å². The lowest BCUT2D eigenvalue weighted by atomic mass is 10.4. The molecular formula is C13H19N5O2S. The van der Waals surface area contributed by atoms with Crippen LogP contribution in [0.15, 0.2) is 35.5 Å². The van der Waals surface area contributed by atoms with Crippen molar-refractivity contribution in [2.24, 2.45) is 7.05 Å². The minimum absolute atomic E-state index is 0.144. The maximum absolute atomic E-state index is 12.4. The van der Waals surface area contributed by atoms with Crippen LogP contribution in [0.4, 0.5) is 5.82 Å². The average Bonchev–Trinajstić information content (AvgIpc) is 2.89. The van der Waals surface area contributed by atoms with E-state index >= 15 is 0 Å². The van der Waals surface area contributed by atoms with E-state index in [1.807, 2.05) is 6.92 Å². The van der Waals surface area contributed by atoms with Crippen LogP contribution in [0, 0.1) is 0 Å². The largest absolute Gasteiger partial charge is 0.369 e. The number of sulfonamides is 1. The monoisotopic (exact) mass is 309 g/mol. The van der Waals surface area contributed by atoms with Crippen LogP contribution >= 0.6 is 0 Å². The van der Waals surface area contributed by atoms with Gasteiger partial charge in [-0.3, -0.25) is 4.68 Å². The summed E-state index contributed by atoms with van der Waals surface area (Å²) in [5, 5.41) is 7.16. The van der Waals surface area contributed by atoms with Gasteiger partial charge in [0.2, 0.25) is 10.0 Å². The fourth-order valence-corrected chi connectivity index (χ4v) is 2.92. The zero-order valence-corrected chi connectivity index (χ0v) is 12.9. The third-order valence-electron chi connectivity index (χ3n) is 2.81. The van der Waals surface area contributed by atoms with Crippen molar-refractivity contribution in [3.8, 4) is 0 Å². The summed E-state index contributed by atoms with van der Waals surface area (Å²) >= 11 is 0. The smallest absolute Gasteiger partial charge is 0.244 e. The standard InChI is InChI=1S/C13H19N5O2S/c1-3-7-14-13-12(5-4-8-15-13)21(19,20)16-10-11-6-9-18(2)17-11/h4-6,8-9,16H,3,7,10H2,1-2H3,(H,14,15). The molecule has 0 aliphatic carbocycles. The quantitative estimate of drug-likeness (QED) is 0.800. The number of nitrogens with one attached hydrogen (secondary N) is 2. The number of pyridine rings is 1. The second-order valence-corrected chi connectivity index (χ2v) is 6.32. The van der Waals surface area contributed by atoms with Crippen molar-refractivity contribution in [1.82, 2.24) is 19.5 Å². The molecule has 0 saturated heterocycles. The Morgan fingerprint density at radius 1 is 1.33 bits per heavy atom. The molecule has 8 heteroatoms. The Labute approximate surface area is 124 Å². The number of rotatable bonds is 7. The number of nitrogens with zero attached hydrogens (tertiary/aromatic N) is 3. The first kappa shape index (κ1) is 15.5. The van der Waals surface area contributed by atoms with Crippen LogP contribution in [-0.2, 0) is 23.6 Å². The summed E-state index contributed by atoms with van der Waals surface area (Å²) in [4.78, 5) is 4.24. The highest BCUT2D eigenvalue weighted by atomic mass is 32.2. The molecule has 2 rings (SSSR count). The van der Waals surface area contributed by atoms with Crippen LogP contribution in [-0.4, -0.2) is 29.7 Å². The molecule has 0 bridgehead atoms. The molecule has 2 aromatic heterocycles. The summed E-state index contributed by atoms with van der Waals surface area (Å²) in [6.07, 6.45) is 4.22. The Bertz CT molecular complexity index is 696. The van der Waals surface area contributed by atoms with Gasteiger partial charge >= 0.3 is 0 Å². The van der Waals surface area contributed by atoms with Gasteiger partial charge in [0.25, 0.3) is 0 Å². The van der Waals surface area contributed by atoms with Crippen molar-refractivity contribution < 1.29 is 8.42 Å². The molecular weight excluding hydrogens is 290 g/mol. The van der Waals surface area contributed by atoms with Gasteiger partial charge in [-0.2, -0.15) is 5.10 Å². The van der Waals surface area contributed by atoms with Crippen molar-refractivity contribution >= 4 is 15.8 Å². The molecule has 0 amide bonds. The van der Waals surface area contributed by atoms with E-state index in [1.54, 1.807) is 36.3 Å². The van der Waals surface area contributed by atoms with E-state index in [2.05, 4.69) is 20.1 Å². The van der Waals surface area contributed by atoms with Crippen molar-refractivity contribution in [3.05, 3.63) is 36.3 Å². The molecule has 0 fully saturated rings. The first-order valence-corrected chi connectivity index (χ1v) is 8.18. The molecule has 0 saturated carbocycles. The van der Waals surface area contributed by atoms with Gasteiger partial charge in [-0.05, 0) is 24.6 Å². The van der Waals surface area contributed by atoms with Crippen LogP contribution in [0.3, 0.4) is 0 Å². The third-order valence-corrected chi connectivity index (χ3v) is 4.25. The van der Waals surface area contributed by atoms with Gasteiger partial charge in [0.1, 0.15) is 10.7 Å². The molecule has 0 aliphatic rings. The summed E-state index contributed by atoms with van der Waals surface area (Å²) in [7, 11) is -1.85. The lowest BCUT2D eigenvalue weighted by Gasteiger charge is -2.11. The Morgan fingerprint density at radius 3 is 2.81 bits per heavy atom. The van der Waals surface area contributed by atoms with Crippen molar-refractivity contribution in [2.75, 3.05) is 11.9 Å². The predicted molar refractivity (Wildman–Crippen MR) is 80.3 cm³/mol. The zero-order valence-electron chi connectivity index (χ0n) is 12.1. The Morgan fingerprint density at radius 2 is 2.14 bits per heavy atom. The topological polar surface area (TPSA) is 88.9 Å². The molecule has 0 unspecified atom stereocenters. The number of aryl methyl sites for hydroxylation is 1. The molecule has 2 aromatic rings. The van der Waals surface area contributed by atoms with Crippen molar-refractivity contribution in [1.29, 1.82) is 0 Å². The summed E-state index contributed by atoms with van der Waals surface area (Å²) in [6.45, 7) is 2.81. The molecule has 0 radical (unpaired) electrons. The van der Waals surface area contributed by atoms with Gasteiger partial charge < -0.3 is 5.32 Å². The Balaban J connectivity index is 2.15. The van der Waals surface area contributed by atoms with Crippen LogP contribution in [0.25, 0.3) is 0 Å². The third kappa shape index (κ3) is 4.02. The highest BCUT2D eigenvalue weighted by Gasteiger charge is 2.19. The highest BCUT2D eigenvalue weighted by molar-refractivity contribution is 7.89. The van der Waals surface area contributed by atoms with Gasteiger partial charge in [0, 0.05) is 26.0 Å². The lowest BCUT2D eigenvalue weighted by Crippen LogP contribution is -2.25. The van der Waals surface area contributed by atoms with Crippen molar-refractivity contribution in [3.63, 3.8) is 0 Å². The number of hydrogen-bond donors (Lipinski definition) is 2. The van der Waals surface area contributed by atoms with E-state index < -0.39 is 10.0 Å². The highest BCUT2D eigenvalue weighted by Crippen LogP contribution is 2.18. The fourth-order valence-electron chi connectivity index (χ4n) is 1.79. The first-order valence-electron chi connectivity index (χ1n) is 6.70. The Hall–Kier alpha value is -1.93. The normalized spacial score (nSPS) is 11.5. The van der Waals surface area contributed by atoms with E-state index in [0.29, 0.717) is 18.1 Å². The van der Waals surface area contributed by atoms with E-state index in [0.717, 1.165) is 6.42 Å². The molecule has 2 heterocycles. The molecule has 0 aromatic carbocycles. The molecule has 114 valence electrons. The molecule has 0 aliphatic heterocycles. The van der Waals surface area contributed by atoms with Gasteiger partial charge in [-0.1, -0.05) is 6.92 Å². The summed E-state index contributed by atoms with van der Waals surface area (Å²) in [5.74, 6) is 0.368. The van der Waals surface area contributed by atoms with Crippen molar-refractivity contribution in [2.45, 2.75) is 24.8 Å². The molecule has 0 spiro atoms. The van der Waals surface area contributed by atoms with Crippen LogP contribution in [0.1, 0.15) is 19.0 Å². The number of hydrogen-bond acceptors (Lipinski definition) is 5.